The molecule has 8 heteroatoms. The van der Waals surface area contributed by atoms with E-state index in [9.17, 15) is 9.59 Å². The third kappa shape index (κ3) is 3.57. The lowest BCUT2D eigenvalue weighted by Crippen LogP contribution is -2.58. The molecule has 0 bridgehead atoms. The van der Waals surface area contributed by atoms with Gasteiger partial charge in [-0.3, -0.25) is 9.59 Å². The van der Waals surface area contributed by atoms with Gasteiger partial charge >= 0.3 is 0 Å². The molecule has 2 aliphatic heterocycles. The van der Waals surface area contributed by atoms with Gasteiger partial charge in [0.2, 0.25) is 12.7 Å². The Labute approximate surface area is 167 Å². The lowest BCUT2D eigenvalue weighted by Gasteiger charge is -2.39. The first-order chi connectivity index (χ1) is 13.5. The molecule has 0 N–H and O–H groups in total. The molecule has 4 rings (SSSR count). The number of nitrogens with zero attached hydrogens (tertiary/aromatic N) is 2. The number of amides is 2. The number of piperazine rings is 1. The van der Waals surface area contributed by atoms with Crippen molar-refractivity contribution in [2.75, 3.05) is 31.4 Å². The van der Waals surface area contributed by atoms with Crippen molar-refractivity contribution in [2.24, 2.45) is 0 Å². The van der Waals surface area contributed by atoms with Crippen LogP contribution in [0.4, 0.5) is 5.69 Å². The summed E-state index contributed by atoms with van der Waals surface area (Å²) in [6, 6.07) is 11.6. The summed E-state index contributed by atoms with van der Waals surface area (Å²) in [6.45, 7) is 2.59. The van der Waals surface area contributed by atoms with Crippen molar-refractivity contribution >= 4 is 29.1 Å². The van der Waals surface area contributed by atoms with Gasteiger partial charge in [-0.25, -0.2) is 0 Å². The van der Waals surface area contributed by atoms with Crippen molar-refractivity contribution in [3.8, 4) is 17.2 Å². The molecule has 2 aromatic carbocycles. The molecular formula is C20H19ClN2O5. The fourth-order valence-corrected chi connectivity index (χ4v) is 3.41. The van der Waals surface area contributed by atoms with E-state index >= 15 is 0 Å². The molecule has 146 valence electrons. The van der Waals surface area contributed by atoms with Crippen LogP contribution in [0.25, 0.3) is 0 Å². The van der Waals surface area contributed by atoms with Crippen LogP contribution in [-0.4, -0.2) is 49.2 Å². The van der Waals surface area contributed by atoms with Gasteiger partial charge in [0.25, 0.3) is 5.91 Å². The highest BCUT2D eigenvalue weighted by Gasteiger charge is 2.35. The maximum atomic E-state index is 12.9. The van der Waals surface area contributed by atoms with Gasteiger partial charge in [0.1, 0.15) is 11.8 Å². The van der Waals surface area contributed by atoms with Gasteiger partial charge in [0, 0.05) is 29.9 Å². The van der Waals surface area contributed by atoms with Gasteiger partial charge in [-0.15, -0.1) is 0 Å². The Bertz CT molecular complexity index is 902. The summed E-state index contributed by atoms with van der Waals surface area (Å²) in [5, 5.41) is 0.595. The molecule has 2 heterocycles. The zero-order chi connectivity index (χ0) is 19.7. The molecule has 1 atom stereocenters. The molecule has 0 unspecified atom stereocenters. The van der Waals surface area contributed by atoms with E-state index in [1.807, 2.05) is 6.07 Å². The predicted molar refractivity (Wildman–Crippen MR) is 103 cm³/mol. The van der Waals surface area contributed by atoms with E-state index in [2.05, 4.69) is 0 Å². The summed E-state index contributed by atoms with van der Waals surface area (Å²) in [6.07, 6.45) is 0. The predicted octanol–water partition coefficient (Wildman–Crippen LogP) is 2.71. The van der Waals surface area contributed by atoms with Crippen molar-refractivity contribution in [2.45, 2.75) is 13.0 Å². The van der Waals surface area contributed by atoms with Crippen molar-refractivity contribution in [1.29, 1.82) is 0 Å². The second kappa shape index (κ2) is 7.59. The molecule has 0 aromatic heterocycles. The van der Waals surface area contributed by atoms with Crippen molar-refractivity contribution in [1.82, 2.24) is 4.90 Å². The molecule has 1 saturated heterocycles. The van der Waals surface area contributed by atoms with E-state index in [1.54, 1.807) is 53.1 Å². The Balaban J connectivity index is 1.40. The Morgan fingerprint density at radius 2 is 1.89 bits per heavy atom. The zero-order valence-corrected chi connectivity index (χ0v) is 16.0. The third-order valence-electron chi connectivity index (χ3n) is 4.82. The molecule has 28 heavy (non-hydrogen) atoms. The van der Waals surface area contributed by atoms with Gasteiger partial charge in [-0.2, -0.15) is 0 Å². The average molecular weight is 403 g/mol. The number of carbonyl (C=O) groups excluding carboxylic acids is 2. The summed E-state index contributed by atoms with van der Waals surface area (Å²) >= 11 is 5.84. The van der Waals surface area contributed by atoms with Crippen LogP contribution in [0.15, 0.2) is 42.5 Å². The van der Waals surface area contributed by atoms with Crippen LogP contribution < -0.4 is 19.1 Å². The summed E-state index contributed by atoms with van der Waals surface area (Å²) < 4.78 is 16.2. The van der Waals surface area contributed by atoms with Crippen LogP contribution in [0, 0.1) is 0 Å². The first-order valence-electron chi connectivity index (χ1n) is 8.92. The summed E-state index contributed by atoms with van der Waals surface area (Å²) in [5.41, 5.74) is 0.727. The van der Waals surface area contributed by atoms with Crippen molar-refractivity contribution < 1.29 is 23.8 Å². The second-order valence-corrected chi connectivity index (χ2v) is 6.97. The molecule has 1 fully saturated rings. The zero-order valence-electron chi connectivity index (χ0n) is 15.3. The molecule has 7 nitrogen and oxygen atoms in total. The van der Waals surface area contributed by atoms with E-state index in [4.69, 9.17) is 25.8 Å². The van der Waals surface area contributed by atoms with Gasteiger partial charge in [0.15, 0.2) is 18.1 Å². The molecular weight excluding hydrogens is 384 g/mol. The lowest BCUT2D eigenvalue weighted by molar-refractivity contribution is -0.142. The second-order valence-electron chi connectivity index (χ2n) is 6.53. The number of halogens is 1. The van der Waals surface area contributed by atoms with Gasteiger partial charge < -0.3 is 24.0 Å². The average Bonchev–Trinajstić information content (AvgIpc) is 3.17. The molecule has 2 amide bonds. The van der Waals surface area contributed by atoms with Crippen molar-refractivity contribution in [3.05, 3.63) is 47.5 Å². The fraction of sp³-hybridized carbons (Fsp3) is 0.300. The number of benzene rings is 2. The normalized spacial score (nSPS) is 18.4. The minimum Gasteiger partial charge on any atom is -0.484 e. The summed E-state index contributed by atoms with van der Waals surface area (Å²) in [5.74, 6) is 1.45. The van der Waals surface area contributed by atoms with E-state index in [0.29, 0.717) is 35.4 Å². The van der Waals surface area contributed by atoms with Gasteiger partial charge in [0.05, 0.1) is 0 Å². The number of fused-ring (bicyclic) bond motifs is 1. The number of ether oxygens (including phenoxy) is 3. The molecule has 0 spiro atoms. The molecule has 0 radical (unpaired) electrons. The standard InChI is InChI=1S/C20H19ClN2O5/c1-13-20(25)23(15-4-7-17-18(10-15)28-12-27-17)9-8-22(13)19(24)11-26-16-5-2-14(21)3-6-16/h2-7,10,13H,8-9,11-12H2,1H3/t13-/m0/s1. The van der Waals surface area contributed by atoms with Gasteiger partial charge in [-0.1, -0.05) is 11.6 Å². The van der Waals surface area contributed by atoms with E-state index < -0.39 is 6.04 Å². The Morgan fingerprint density at radius 1 is 1.14 bits per heavy atom. The van der Waals surface area contributed by atoms with E-state index in [0.717, 1.165) is 5.69 Å². The molecule has 2 aliphatic rings. The highest BCUT2D eigenvalue weighted by atomic mass is 35.5. The number of rotatable bonds is 4. The van der Waals surface area contributed by atoms with E-state index in [1.165, 1.54) is 0 Å². The first kappa shape index (κ1) is 18.4. The number of hydrogen-bond donors (Lipinski definition) is 0. The third-order valence-corrected chi connectivity index (χ3v) is 5.07. The first-order valence-corrected chi connectivity index (χ1v) is 9.29. The minimum absolute atomic E-state index is 0.136. The number of hydrogen-bond acceptors (Lipinski definition) is 5. The Kier molecular flexibility index (Phi) is 5.00. The highest BCUT2D eigenvalue weighted by molar-refractivity contribution is 6.30. The molecule has 0 aliphatic carbocycles. The lowest BCUT2D eigenvalue weighted by atomic mass is 10.1. The van der Waals surface area contributed by atoms with E-state index in [-0.39, 0.29) is 25.2 Å². The van der Waals surface area contributed by atoms with Crippen LogP contribution in [0.5, 0.6) is 17.2 Å². The highest BCUT2D eigenvalue weighted by Crippen LogP contribution is 2.36. The summed E-state index contributed by atoms with van der Waals surface area (Å²) in [7, 11) is 0. The maximum Gasteiger partial charge on any atom is 0.261 e. The van der Waals surface area contributed by atoms with Crippen LogP contribution in [0.3, 0.4) is 0 Å². The number of anilines is 1. The number of carbonyl (C=O) groups is 2. The largest absolute Gasteiger partial charge is 0.484 e. The molecule has 2 aromatic rings. The molecule has 0 saturated carbocycles. The topological polar surface area (TPSA) is 68.3 Å². The SMILES string of the molecule is C[C@H]1C(=O)N(c2ccc3c(c2)OCO3)CCN1C(=O)COc1ccc(Cl)cc1. The quantitative estimate of drug-likeness (QED) is 0.786. The van der Waals surface area contributed by atoms with Crippen LogP contribution >= 0.6 is 11.6 Å². The Morgan fingerprint density at radius 3 is 2.68 bits per heavy atom. The minimum atomic E-state index is -0.583. The smallest absolute Gasteiger partial charge is 0.261 e. The van der Waals surface area contributed by atoms with Crippen LogP contribution in [-0.2, 0) is 9.59 Å². The monoisotopic (exact) mass is 402 g/mol. The Hall–Kier alpha value is -2.93. The van der Waals surface area contributed by atoms with Crippen molar-refractivity contribution in [3.63, 3.8) is 0 Å². The maximum absolute atomic E-state index is 12.9. The fourth-order valence-electron chi connectivity index (χ4n) is 3.28. The van der Waals surface area contributed by atoms with Crippen LogP contribution in [0.1, 0.15) is 6.92 Å². The van der Waals surface area contributed by atoms with Crippen LogP contribution in [0.2, 0.25) is 5.02 Å². The van der Waals surface area contributed by atoms with Gasteiger partial charge in [-0.05, 0) is 43.3 Å². The summed E-state index contributed by atoms with van der Waals surface area (Å²) in [4.78, 5) is 28.6.